The fraction of sp³-hybridized carbons (Fsp3) is 0.900. The summed E-state index contributed by atoms with van der Waals surface area (Å²) in [5.41, 5.74) is 5.33. The molecule has 88 valence electrons. The van der Waals surface area contributed by atoms with Gasteiger partial charge < -0.3 is 20.4 Å². The molecule has 0 aromatic carbocycles. The Labute approximate surface area is 90.2 Å². The summed E-state index contributed by atoms with van der Waals surface area (Å²) >= 11 is 0. The molecule has 1 atom stereocenters. The first-order chi connectivity index (χ1) is 7.33. The number of amidine groups is 1. The van der Waals surface area contributed by atoms with Crippen molar-refractivity contribution in [2.75, 3.05) is 26.4 Å². The number of nitrogens with zero attached hydrogens (tertiary/aromatic N) is 1. The number of ether oxygens (including phenoxy) is 2. The van der Waals surface area contributed by atoms with Crippen LogP contribution in [0.3, 0.4) is 0 Å². The zero-order valence-electron chi connectivity index (χ0n) is 9.02. The van der Waals surface area contributed by atoms with Crippen molar-refractivity contribution < 1.29 is 14.7 Å². The Hall–Kier alpha value is -0.810. The number of nitrogens with two attached hydrogens (primary N) is 1. The van der Waals surface area contributed by atoms with Crippen LogP contribution in [0.15, 0.2) is 5.16 Å². The second-order valence-corrected chi connectivity index (χ2v) is 3.85. The fourth-order valence-corrected chi connectivity index (χ4v) is 1.53. The van der Waals surface area contributed by atoms with E-state index in [0.717, 1.165) is 45.7 Å². The summed E-state index contributed by atoms with van der Waals surface area (Å²) < 4.78 is 10.8. The minimum atomic E-state index is 0.291. The third-order valence-corrected chi connectivity index (χ3v) is 2.48. The van der Waals surface area contributed by atoms with Crippen LogP contribution in [0.2, 0.25) is 0 Å². The van der Waals surface area contributed by atoms with Crippen molar-refractivity contribution in [1.29, 1.82) is 0 Å². The van der Waals surface area contributed by atoms with Gasteiger partial charge in [-0.25, -0.2) is 0 Å². The number of hydrogen-bond acceptors (Lipinski definition) is 4. The highest BCUT2D eigenvalue weighted by Crippen LogP contribution is 2.12. The summed E-state index contributed by atoms with van der Waals surface area (Å²) in [5.74, 6) is 0.869. The zero-order valence-corrected chi connectivity index (χ0v) is 9.02. The Morgan fingerprint density at radius 1 is 1.53 bits per heavy atom. The van der Waals surface area contributed by atoms with Gasteiger partial charge in [-0.2, -0.15) is 0 Å². The van der Waals surface area contributed by atoms with Crippen molar-refractivity contribution in [1.82, 2.24) is 0 Å². The molecule has 0 spiro atoms. The molecule has 0 aliphatic carbocycles. The lowest BCUT2D eigenvalue weighted by Crippen LogP contribution is -2.12. The molecular formula is C10H20N2O3. The summed E-state index contributed by atoms with van der Waals surface area (Å²) in [4.78, 5) is 0. The van der Waals surface area contributed by atoms with Crippen LogP contribution in [-0.4, -0.2) is 37.5 Å². The first-order valence-electron chi connectivity index (χ1n) is 5.45. The molecule has 1 fully saturated rings. The van der Waals surface area contributed by atoms with Gasteiger partial charge in [-0.3, -0.25) is 0 Å². The molecule has 1 aliphatic rings. The lowest BCUT2D eigenvalue weighted by atomic mass is 10.1. The van der Waals surface area contributed by atoms with E-state index in [2.05, 4.69) is 5.16 Å². The van der Waals surface area contributed by atoms with E-state index in [4.69, 9.17) is 20.4 Å². The van der Waals surface area contributed by atoms with E-state index in [1.807, 2.05) is 0 Å². The van der Waals surface area contributed by atoms with Crippen LogP contribution >= 0.6 is 0 Å². The predicted molar refractivity (Wildman–Crippen MR) is 57.0 cm³/mol. The van der Waals surface area contributed by atoms with Gasteiger partial charge in [-0.05, 0) is 19.3 Å². The standard InChI is InChI=1S/C10H20N2O3/c11-10(12-13)3-1-2-5-14-7-9-4-6-15-8-9/h9,13H,1-8H2,(H2,11,12). The van der Waals surface area contributed by atoms with Crippen LogP contribution in [0.5, 0.6) is 0 Å². The number of unbranched alkanes of at least 4 members (excludes halogenated alkanes) is 1. The van der Waals surface area contributed by atoms with Crippen LogP contribution < -0.4 is 5.73 Å². The van der Waals surface area contributed by atoms with Crippen molar-refractivity contribution in [2.45, 2.75) is 25.7 Å². The molecule has 0 aromatic rings. The largest absolute Gasteiger partial charge is 0.409 e. The molecule has 1 unspecified atom stereocenters. The van der Waals surface area contributed by atoms with E-state index in [1.165, 1.54) is 0 Å². The van der Waals surface area contributed by atoms with E-state index in [0.29, 0.717) is 18.2 Å². The normalized spacial score (nSPS) is 22.1. The Morgan fingerprint density at radius 2 is 2.40 bits per heavy atom. The van der Waals surface area contributed by atoms with Gasteiger partial charge in [0.15, 0.2) is 0 Å². The lowest BCUT2D eigenvalue weighted by Gasteiger charge is -2.08. The summed E-state index contributed by atoms with van der Waals surface area (Å²) in [5, 5.41) is 11.2. The van der Waals surface area contributed by atoms with Crippen LogP contribution in [0.4, 0.5) is 0 Å². The van der Waals surface area contributed by atoms with Gasteiger partial charge >= 0.3 is 0 Å². The molecule has 5 nitrogen and oxygen atoms in total. The van der Waals surface area contributed by atoms with E-state index in [1.54, 1.807) is 0 Å². The first kappa shape index (κ1) is 12.3. The minimum absolute atomic E-state index is 0.291. The van der Waals surface area contributed by atoms with Crippen molar-refractivity contribution in [3.8, 4) is 0 Å². The molecule has 5 heteroatoms. The number of oxime groups is 1. The Kier molecular flexibility index (Phi) is 6.11. The molecule has 3 N–H and O–H groups in total. The second kappa shape index (κ2) is 7.48. The van der Waals surface area contributed by atoms with Gasteiger partial charge in [-0.1, -0.05) is 5.16 Å². The number of rotatable bonds is 7. The lowest BCUT2D eigenvalue weighted by molar-refractivity contribution is 0.0876. The molecule has 15 heavy (non-hydrogen) atoms. The fourth-order valence-electron chi connectivity index (χ4n) is 1.53. The summed E-state index contributed by atoms with van der Waals surface area (Å²) in [7, 11) is 0. The smallest absolute Gasteiger partial charge is 0.139 e. The van der Waals surface area contributed by atoms with Gasteiger partial charge in [-0.15, -0.1) is 0 Å². The first-order valence-corrected chi connectivity index (χ1v) is 5.45. The highest BCUT2D eigenvalue weighted by atomic mass is 16.5. The SMILES string of the molecule is N/C(CCCCOCC1CCOC1)=N/O. The van der Waals surface area contributed by atoms with Crippen molar-refractivity contribution >= 4 is 5.84 Å². The third-order valence-electron chi connectivity index (χ3n) is 2.48. The molecule has 0 saturated carbocycles. The molecule has 1 rings (SSSR count). The molecular weight excluding hydrogens is 196 g/mol. The molecule has 0 aromatic heterocycles. The van der Waals surface area contributed by atoms with Crippen LogP contribution in [-0.2, 0) is 9.47 Å². The van der Waals surface area contributed by atoms with Gasteiger partial charge in [0.05, 0.1) is 13.2 Å². The quantitative estimate of drug-likeness (QED) is 0.218. The minimum Gasteiger partial charge on any atom is -0.409 e. The maximum Gasteiger partial charge on any atom is 0.139 e. The highest BCUT2D eigenvalue weighted by Gasteiger charge is 2.14. The molecule has 1 saturated heterocycles. The maximum absolute atomic E-state index is 8.30. The van der Waals surface area contributed by atoms with Gasteiger partial charge in [0.1, 0.15) is 5.84 Å². The monoisotopic (exact) mass is 216 g/mol. The summed E-state index contributed by atoms with van der Waals surface area (Å²) in [6.45, 7) is 3.25. The maximum atomic E-state index is 8.30. The van der Waals surface area contributed by atoms with Gasteiger partial charge in [0, 0.05) is 25.6 Å². The van der Waals surface area contributed by atoms with Crippen LogP contribution in [0.25, 0.3) is 0 Å². The average molecular weight is 216 g/mol. The molecule has 1 heterocycles. The highest BCUT2D eigenvalue weighted by molar-refractivity contribution is 5.79. The van der Waals surface area contributed by atoms with Crippen molar-refractivity contribution in [2.24, 2.45) is 16.8 Å². The zero-order chi connectivity index (χ0) is 10.9. The van der Waals surface area contributed by atoms with Crippen LogP contribution in [0.1, 0.15) is 25.7 Å². The molecule has 1 aliphatic heterocycles. The predicted octanol–water partition coefficient (Wildman–Crippen LogP) is 0.956. The Morgan fingerprint density at radius 3 is 3.07 bits per heavy atom. The van der Waals surface area contributed by atoms with Crippen LogP contribution in [0, 0.1) is 5.92 Å². The molecule has 0 radical (unpaired) electrons. The molecule has 0 bridgehead atoms. The summed E-state index contributed by atoms with van der Waals surface area (Å²) in [6, 6.07) is 0. The van der Waals surface area contributed by atoms with E-state index >= 15 is 0 Å². The third kappa shape index (κ3) is 5.59. The van der Waals surface area contributed by atoms with Crippen molar-refractivity contribution in [3.63, 3.8) is 0 Å². The van der Waals surface area contributed by atoms with E-state index < -0.39 is 0 Å². The average Bonchev–Trinajstić information content (AvgIpc) is 2.75. The van der Waals surface area contributed by atoms with Gasteiger partial charge in [0.2, 0.25) is 0 Å². The Bertz CT molecular complexity index is 191. The van der Waals surface area contributed by atoms with E-state index in [9.17, 15) is 0 Å². The van der Waals surface area contributed by atoms with Gasteiger partial charge in [0.25, 0.3) is 0 Å². The summed E-state index contributed by atoms with van der Waals surface area (Å²) in [6.07, 6.45) is 3.59. The van der Waals surface area contributed by atoms with Crippen molar-refractivity contribution in [3.05, 3.63) is 0 Å². The molecule has 0 amide bonds. The Balaban J connectivity index is 1.84. The topological polar surface area (TPSA) is 77.1 Å². The van der Waals surface area contributed by atoms with E-state index in [-0.39, 0.29) is 0 Å². The second-order valence-electron chi connectivity index (χ2n) is 3.85. The number of hydrogen-bond donors (Lipinski definition) is 2.